The molecular weight excluding hydrogens is 192 g/mol. The summed E-state index contributed by atoms with van der Waals surface area (Å²) in [5.41, 5.74) is 0. The minimum atomic E-state index is -3.62. The molecule has 0 aromatic heterocycles. The van der Waals surface area contributed by atoms with Gasteiger partial charge in [-0.3, -0.25) is 0 Å². The molecule has 0 saturated carbocycles. The van der Waals surface area contributed by atoms with E-state index in [9.17, 15) is 4.20 Å². The first-order chi connectivity index (χ1) is 5.97. The molecule has 3 nitrogen and oxygen atoms in total. The molecule has 0 aliphatic rings. The van der Waals surface area contributed by atoms with Crippen molar-refractivity contribution >= 4 is 8.34 Å². The maximum Gasteiger partial charge on any atom is 0.540 e. The fourth-order valence-electron chi connectivity index (χ4n) is 1.34. The highest BCUT2D eigenvalue weighted by molar-refractivity contribution is 7.29. The van der Waals surface area contributed by atoms with Gasteiger partial charge in [0.15, 0.2) is 0 Å². The van der Waals surface area contributed by atoms with E-state index in [2.05, 4.69) is 27.7 Å². The Morgan fingerprint density at radius 3 is 1.23 bits per heavy atom. The predicted octanol–water partition coefficient (Wildman–Crippen LogP) is 1.86. The van der Waals surface area contributed by atoms with Gasteiger partial charge in [0.2, 0.25) is 0 Å². The van der Waals surface area contributed by atoms with Crippen molar-refractivity contribution in [3.05, 3.63) is 0 Å². The Morgan fingerprint density at radius 2 is 1.23 bits per heavy atom. The molecule has 0 fully saturated rings. The van der Waals surface area contributed by atoms with Crippen LogP contribution in [0.15, 0.2) is 0 Å². The lowest BCUT2D eigenvalue weighted by Gasteiger charge is -2.34. The average molecular weight is 212 g/mol. The molecule has 0 aromatic carbocycles. The molecule has 0 rings (SSSR count). The van der Waals surface area contributed by atoms with Crippen LogP contribution in [-0.4, -0.2) is 30.7 Å². The summed E-state index contributed by atoms with van der Waals surface area (Å²) in [5.74, 6) is 0. The lowest BCUT2D eigenvalue weighted by molar-refractivity contribution is -0.921. The Morgan fingerprint density at radius 1 is 1.08 bits per heavy atom. The molecule has 0 saturated heterocycles. The van der Waals surface area contributed by atoms with E-state index < -0.39 is 8.34 Å². The molecule has 0 aromatic rings. The zero-order valence-corrected chi connectivity index (χ0v) is 9.81. The van der Waals surface area contributed by atoms with Crippen LogP contribution in [0.5, 0.6) is 0 Å². The van der Waals surface area contributed by atoms with Gasteiger partial charge in [-0.2, -0.15) is 0 Å². The van der Waals surface area contributed by atoms with Crippen molar-refractivity contribution in [2.75, 3.05) is 26.2 Å². The van der Waals surface area contributed by atoms with Gasteiger partial charge in [-0.05, 0) is 32.3 Å². The molecular formula is C8H20FNO2P+. The van der Waals surface area contributed by atoms with E-state index in [-0.39, 0.29) is 0 Å². The summed E-state index contributed by atoms with van der Waals surface area (Å²) in [6.07, 6.45) is 0. The fourth-order valence-corrected chi connectivity index (χ4v) is 1.34. The summed E-state index contributed by atoms with van der Waals surface area (Å²) >= 11 is 0. The Hall–Kier alpha value is -0.0500. The second-order valence-corrected chi connectivity index (χ2v) is 3.24. The van der Waals surface area contributed by atoms with Crippen molar-refractivity contribution in [2.24, 2.45) is 0 Å². The van der Waals surface area contributed by atoms with E-state index in [4.69, 9.17) is 9.46 Å². The van der Waals surface area contributed by atoms with Crippen LogP contribution in [0.4, 0.5) is 4.20 Å². The number of quaternary nitrogens is 1. The summed E-state index contributed by atoms with van der Waals surface area (Å²) in [6, 6.07) is 0. The van der Waals surface area contributed by atoms with Gasteiger partial charge in [-0.25, -0.2) is 0 Å². The molecule has 0 aliphatic heterocycles. The average Bonchev–Trinajstić information content (AvgIpc) is 2.09. The van der Waals surface area contributed by atoms with Gasteiger partial charge in [0.25, 0.3) is 0 Å². The Kier molecular flexibility index (Phi) is 10.1. The highest BCUT2D eigenvalue weighted by Gasteiger charge is 2.16. The molecule has 13 heavy (non-hydrogen) atoms. The zero-order valence-electron chi connectivity index (χ0n) is 8.92. The summed E-state index contributed by atoms with van der Waals surface area (Å²) in [7, 11) is -3.62. The van der Waals surface area contributed by atoms with Gasteiger partial charge < -0.3 is 9.38 Å². The van der Waals surface area contributed by atoms with Crippen LogP contribution >= 0.6 is 8.34 Å². The van der Waals surface area contributed by atoms with Gasteiger partial charge in [0, 0.05) is 0 Å². The zero-order chi connectivity index (χ0) is 10.9. The van der Waals surface area contributed by atoms with Crippen LogP contribution in [0, 0.1) is 0 Å². The monoisotopic (exact) mass is 212 g/mol. The Labute approximate surface area is 81.1 Å². The van der Waals surface area contributed by atoms with E-state index in [1.807, 2.05) is 0 Å². The SMILES string of the molecule is CC[N+](CC)(CC)CC.O=[P+]([O-])F. The molecule has 0 radical (unpaired) electrons. The lowest BCUT2D eigenvalue weighted by Crippen LogP contribution is -2.47. The molecule has 0 heterocycles. The molecule has 0 spiro atoms. The number of rotatable bonds is 4. The van der Waals surface area contributed by atoms with Gasteiger partial charge in [0.1, 0.15) is 0 Å². The first kappa shape index (κ1) is 15.4. The van der Waals surface area contributed by atoms with Gasteiger partial charge in [-0.15, -0.1) is 0 Å². The normalized spacial score (nSPS) is 11.7. The third-order valence-electron chi connectivity index (χ3n) is 2.68. The van der Waals surface area contributed by atoms with Crippen LogP contribution in [0.25, 0.3) is 0 Å². The van der Waals surface area contributed by atoms with Crippen LogP contribution in [0.1, 0.15) is 27.7 Å². The molecule has 80 valence electrons. The second-order valence-electron chi connectivity index (χ2n) is 2.82. The summed E-state index contributed by atoms with van der Waals surface area (Å²) in [5, 5.41) is 0. The third kappa shape index (κ3) is 8.28. The second kappa shape index (κ2) is 8.54. The number of hydrogen-bond acceptors (Lipinski definition) is 2. The van der Waals surface area contributed by atoms with E-state index in [1.54, 1.807) is 0 Å². The van der Waals surface area contributed by atoms with E-state index in [0.717, 1.165) is 0 Å². The first-order valence-electron chi connectivity index (χ1n) is 4.63. The molecule has 0 bridgehead atoms. The van der Waals surface area contributed by atoms with Crippen molar-refractivity contribution in [2.45, 2.75) is 27.7 Å². The standard InChI is InChI=1S/C8H20N.FO2P/c1-5-9(6-2,7-3)8-4;1-4(2)3/h5-8H2,1-4H3;/q+1;. The summed E-state index contributed by atoms with van der Waals surface area (Å²) < 4.78 is 19.6. The van der Waals surface area contributed by atoms with Gasteiger partial charge in [0.05, 0.1) is 30.4 Å². The molecule has 0 N–H and O–H groups in total. The summed E-state index contributed by atoms with van der Waals surface area (Å²) in [4.78, 5) is 8.37. The fraction of sp³-hybridized carbons (Fsp3) is 1.00. The first-order valence-corrected chi connectivity index (χ1v) is 5.70. The van der Waals surface area contributed by atoms with Crippen molar-refractivity contribution in [3.63, 3.8) is 0 Å². The molecule has 1 unspecified atom stereocenters. The minimum absolute atomic E-state index is 1.28. The Balaban J connectivity index is 0. The quantitative estimate of drug-likeness (QED) is 0.527. The van der Waals surface area contributed by atoms with Gasteiger partial charge >= 0.3 is 8.34 Å². The highest BCUT2D eigenvalue weighted by atomic mass is 31.2. The molecule has 1 atom stereocenters. The Bertz CT molecular complexity index is 119. The van der Waals surface area contributed by atoms with Crippen LogP contribution in [0.2, 0.25) is 0 Å². The van der Waals surface area contributed by atoms with Crippen molar-refractivity contribution in [3.8, 4) is 0 Å². The molecule has 0 amide bonds. The van der Waals surface area contributed by atoms with Crippen LogP contribution in [0.3, 0.4) is 0 Å². The third-order valence-corrected chi connectivity index (χ3v) is 2.68. The van der Waals surface area contributed by atoms with Crippen molar-refractivity contribution in [1.82, 2.24) is 0 Å². The topological polar surface area (TPSA) is 40.1 Å². The van der Waals surface area contributed by atoms with E-state index in [0.29, 0.717) is 0 Å². The van der Waals surface area contributed by atoms with Gasteiger partial charge in [-0.1, -0.05) is 0 Å². The number of nitrogens with zero attached hydrogens (tertiary/aromatic N) is 1. The van der Waals surface area contributed by atoms with Crippen molar-refractivity contribution in [1.29, 1.82) is 0 Å². The molecule has 0 aliphatic carbocycles. The lowest BCUT2D eigenvalue weighted by atomic mass is 10.3. The number of halogens is 1. The largest absolute Gasteiger partial charge is 0.562 e. The van der Waals surface area contributed by atoms with Crippen molar-refractivity contribution < 1.29 is 18.1 Å². The van der Waals surface area contributed by atoms with E-state index in [1.165, 1.54) is 30.7 Å². The minimum Gasteiger partial charge on any atom is -0.562 e. The van der Waals surface area contributed by atoms with E-state index >= 15 is 0 Å². The van der Waals surface area contributed by atoms with Crippen LogP contribution < -0.4 is 4.89 Å². The van der Waals surface area contributed by atoms with Crippen LogP contribution in [-0.2, 0) is 4.57 Å². The highest BCUT2D eigenvalue weighted by Crippen LogP contribution is 2.03. The summed E-state index contributed by atoms with van der Waals surface area (Å²) in [6.45, 7) is 14.2. The maximum absolute atomic E-state index is 9.95. The smallest absolute Gasteiger partial charge is 0.540 e. The maximum atomic E-state index is 9.95. The predicted molar refractivity (Wildman–Crippen MR) is 51.1 cm³/mol. The molecule has 5 heteroatoms. The number of hydrogen-bond donors (Lipinski definition) is 0.